The number of rotatable bonds is 12. The van der Waals surface area contributed by atoms with E-state index in [1.54, 1.807) is 0 Å². The highest BCUT2D eigenvalue weighted by Gasteiger charge is 2.27. The fourth-order valence-electron chi connectivity index (χ4n) is 7.86. The molecule has 0 N–H and O–H groups in total. The number of carbonyl (C=O) groups excluding carboxylic acids is 4. The minimum atomic E-state index is -0.222. The Morgan fingerprint density at radius 2 is 0.500 bits per heavy atom. The lowest BCUT2D eigenvalue weighted by molar-refractivity contribution is -0.153. The van der Waals surface area contributed by atoms with Crippen molar-refractivity contribution in [1.29, 1.82) is 0 Å². The lowest BCUT2D eigenvalue weighted by Crippen LogP contribution is -2.49. The van der Waals surface area contributed by atoms with Crippen LogP contribution in [0.5, 0.6) is 0 Å². The molecule has 0 radical (unpaired) electrons. The largest absolute Gasteiger partial charge is 0.461 e. The Labute approximate surface area is 287 Å². The van der Waals surface area contributed by atoms with Crippen molar-refractivity contribution >= 4 is 23.9 Å². The average molecular weight is 677 g/mol. The van der Waals surface area contributed by atoms with Gasteiger partial charge in [-0.05, 0) is 103 Å². The van der Waals surface area contributed by atoms with Crippen LogP contribution in [0.15, 0.2) is 0 Å². The molecular formula is C36H60N4O8. The van der Waals surface area contributed by atoms with Crippen LogP contribution in [0.4, 0.5) is 0 Å². The molecule has 12 heteroatoms. The topological polar surface area (TPSA) is 118 Å². The van der Waals surface area contributed by atoms with Gasteiger partial charge in [0.15, 0.2) is 0 Å². The number of esters is 4. The van der Waals surface area contributed by atoms with E-state index in [1.165, 1.54) is 0 Å². The molecule has 1 saturated heterocycles. The van der Waals surface area contributed by atoms with Crippen molar-refractivity contribution in [2.75, 3.05) is 78.5 Å². The van der Waals surface area contributed by atoms with Crippen molar-refractivity contribution in [1.82, 2.24) is 19.6 Å². The van der Waals surface area contributed by atoms with E-state index in [9.17, 15) is 19.2 Å². The van der Waals surface area contributed by atoms with Crippen molar-refractivity contribution in [2.45, 2.75) is 127 Å². The molecule has 0 aromatic rings. The monoisotopic (exact) mass is 676 g/mol. The number of carbonyl (C=O) groups is 4. The molecule has 0 amide bonds. The highest BCUT2D eigenvalue weighted by atomic mass is 16.6. The van der Waals surface area contributed by atoms with Crippen LogP contribution in [0.3, 0.4) is 0 Å². The number of hydrogen-bond donors (Lipinski definition) is 0. The molecule has 4 aliphatic carbocycles. The summed E-state index contributed by atoms with van der Waals surface area (Å²) in [6.07, 6.45) is 16.1. The van der Waals surface area contributed by atoms with Crippen LogP contribution in [0.25, 0.3) is 0 Å². The molecule has 0 atom stereocenters. The van der Waals surface area contributed by atoms with Gasteiger partial charge in [0.25, 0.3) is 0 Å². The molecule has 0 unspecified atom stereocenters. The lowest BCUT2D eigenvalue weighted by atomic mass is 10.3. The molecule has 48 heavy (non-hydrogen) atoms. The van der Waals surface area contributed by atoms with E-state index in [2.05, 4.69) is 19.6 Å². The van der Waals surface area contributed by atoms with Crippen LogP contribution >= 0.6 is 0 Å². The quantitative estimate of drug-likeness (QED) is 0.223. The summed E-state index contributed by atoms with van der Waals surface area (Å²) in [5, 5.41) is 0. The van der Waals surface area contributed by atoms with Gasteiger partial charge in [-0.2, -0.15) is 0 Å². The summed E-state index contributed by atoms with van der Waals surface area (Å²) >= 11 is 0. The summed E-state index contributed by atoms with van der Waals surface area (Å²) in [6, 6.07) is 0. The van der Waals surface area contributed by atoms with Crippen LogP contribution in [-0.2, 0) is 38.1 Å². The molecule has 4 saturated carbocycles. The van der Waals surface area contributed by atoms with Crippen molar-refractivity contribution in [3.8, 4) is 0 Å². The van der Waals surface area contributed by atoms with E-state index in [0.29, 0.717) is 52.4 Å². The van der Waals surface area contributed by atoms with Crippen molar-refractivity contribution in [3.05, 3.63) is 0 Å². The van der Waals surface area contributed by atoms with Gasteiger partial charge in [0, 0.05) is 52.4 Å². The number of hydrogen-bond acceptors (Lipinski definition) is 12. The standard InChI is InChI=1S/C36H60N4O8/c41-33(45-29-9-1-2-10-29)25-37-17-19-38(26-34(42)46-30-11-3-4-12-30)21-23-40(28-36(44)48-32-15-7-8-16-32)24-22-39(20-18-37)27-35(43)47-31-13-5-6-14-31/h29-32H,1-28H2. The van der Waals surface area contributed by atoms with Gasteiger partial charge in [-0.15, -0.1) is 0 Å². The predicted octanol–water partition coefficient (Wildman–Crippen LogP) is 3.15. The summed E-state index contributed by atoms with van der Waals surface area (Å²) in [6.45, 7) is 5.10. The highest BCUT2D eigenvalue weighted by Crippen LogP contribution is 2.23. The first kappa shape index (κ1) is 37.0. The van der Waals surface area contributed by atoms with Gasteiger partial charge in [0.05, 0.1) is 26.2 Å². The van der Waals surface area contributed by atoms with Crippen molar-refractivity contribution < 1.29 is 38.1 Å². The van der Waals surface area contributed by atoms with E-state index < -0.39 is 0 Å². The third-order valence-electron chi connectivity index (χ3n) is 10.7. The Hall–Kier alpha value is -2.28. The van der Waals surface area contributed by atoms with Gasteiger partial charge < -0.3 is 18.9 Å². The second-order valence-electron chi connectivity index (χ2n) is 14.7. The fourth-order valence-corrected chi connectivity index (χ4v) is 7.86. The Bertz CT molecular complexity index is 845. The van der Waals surface area contributed by atoms with Crippen LogP contribution < -0.4 is 0 Å². The molecule has 5 rings (SSSR count). The van der Waals surface area contributed by atoms with E-state index in [1.807, 2.05) is 0 Å². The molecule has 0 aromatic heterocycles. The van der Waals surface area contributed by atoms with Gasteiger partial charge in [-0.25, -0.2) is 0 Å². The predicted molar refractivity (Wildman–Crippen MR) is 179 cm³/mol. The molecule has 0 bridgehead atoms. The second-order valence-corrected chi connectivity index (χ2v) is 14.7. The Kier molecular flexibility index (Phi) is 15.3. The van der Waals surface area contributed by atoms with E-state index in [-0.39, 0.29) is 74.5 Å². The molecule has 5 aliphatic rings. The van der Waals surface area contributed by atoms with Crippen LogP contribution in [-0.4, -0.2) is 146 Å². The molecule has 12 nitrogen and oxygen atoms in total. The molecule has 0 spiro atoms. The maximum absolute atomic E-state index is 13.0. The van der Waals surface area contributed by atoms with E-state index in [0.717, 1.165) is 103 Å². The number of nitrogens with zero attached hydrogens (tertiary/aromatic N) is 4. The summed E-state index contributed by atoms with van der Waals surface area (Å²) in [5.41, 5.74) is 0. The lowest BCUT2D eigenvalue weighted by Gasteiger charge is -2.33. The first-order chi connectivity index (χ1) is 23.4. The molecule has 272 valence electrons. The third-order valence-corrected chi connectivity index (χ3v) is 10.7. The van der Waals surface area contributed by atoms with Crippen LogP contribution in [0, 0.1) is 0 Å². The highest BCUT2D eigenvalue weighted by molar-refractivity contribution is 5.73. The van der Waals surface area contributed by atoms with Gasteiger partial charge in [-0.1, -0.05) is 0 Å². The molecule has 1 heterocycles. The van der Waals surface area contributed by atoms with Gasteiger partial charge in [0.2, 0.25) is 0 Å². The smallest absolute Gasteiger partial charge is 0.320 e. The number of ether oxygens (including phenoxy) is 4. The summed E-state index contributed by atoms with van der Waals surface area (Å²) in [5.74, 6) is -0.888. The summed E-state index contributed by atoms with van der Waals surface area (Å²) < 4.78 is 23.2. The Morgan fingerprint density at radius 1 is 0.333 bits per heavy atom. The van der Waals surface area contributed by atoms with Crippen molar-refractivity contribution in [3.63, 3.8) is 0 Å². The molecule has 5 fully saturated rings. The second kappa shape index (κ2) is 19.8. The normalized spacial score (nSPS) is 24.3. The minimum absolute atomic E-state index is 0.000000133. The minimum Gasteiger partial charge on any atom is -0.461 e. The molecular weight excluding hydrogens is 616 g/mol. The first-order valence-electron chi connectivity index (χ1n) is 19.1. The zero-order valence-electron chi connectivity index (χ0n) is 29.2. The van der Waals surface area contributed by atoms with Gasteiger partial charge in [0.1, 0.15) is 24.4 Å². The zero-order chi connectivity index (χ0) is 33.6. The van der Waals surface area contributed by atoms with E-state index in [4.69, 9.17) is 18.9 Å². The van der Waals surface area contributed by atoms with Gasteiger partial charge >= 0.3 is 23.9 Å². The maximum atomic E-state index is 13.0. The van der Waals surface area contributed by atoms with Crippen LogP contribution in [0.2, 0.25) is 0 Å². The SMILES string of the molecule is O=C(CN1CCN(CC(=O)OC2CCCC2)CCN(CC(=O)OC2CCCC2)CCN(CC(=O)OC2CCCC2)CC1)OC1CCCC1. The molecule has 0 aromatic carbocycles. The van der Waals surface area contributed by atoms with Gasteiger partial charge in [-0.3, -0.25) is 38.8 Å². The zero-order valence-corrected chi connectivity index (χ0v) is 29.2. The Morgan fingerprint density at radius 3 is 0.667 bits per heavy atom. The van der Waals surface area contributed by atoms with Crippen molar-refractivity contribution in [2.24, 2.45) is 0 Å². The van der Waals surface area contributed by atoms with E-state index >= 15 is 0 Å². The first-order valence-corrected chi connectivity index (χ1v) is 19.1. The maximum Gasteiger partial charge on any atom is 0.320 e. The summed E-state index contributed by atoms with van der Waals surface area (Å²) in [7, 11) is 0. The molecule has 1 aliphatic heterocycles. The Balaban J connectivity index is 1.24. The van der Waals surface area contributed by atoms with Crippen LogP contribution in [0.1, 0.15) is 103 Å². The fraction of sp³-hybridized carbons (Fsp3) is 0.889. The summed E-state index contributed by atoms with van der Waals surface area (Å²) in [4.78, 5) is 60.4. The third kappa shape index (κ3) is 13.2. The average Bonchev–Trinajstić information content (AvgIpc) is 3.88.